The second-order valence-corrected chi connectivity index (χ2v) is 6.12. The summed E-state index contributed by atoms with van der Waals surface area (Å²) >= 11 is 1.87. The summed E-state index contributed by atoms with van der Waals surface area (Å²) in [5.74, 6) is 0. The van der Waals surface area contributed by atoms with Crippen molar-refractivity contribution < 1.29 is 0 Å². The lowest BCUT2D eigenvalue weighted by atomic mass is 10.2. The molecule has 1 aliphatic heterocycles. The fraction of sp³-hybridized carbons (Fsp3) is 0.467. The molecule has 0 atom stereocenters. The molecular formula is C15H19N3S. The maximum atomic E-state index is 4.73. The van der Waals surface area contributed by atoms with Crippen molar-refractivity contribution in [3.8, 4) is 0 Å². The van der Waals surface area contributed by atoms with Gasteiger partial charge in [-0.05, 0) is 37.8 Å². The molecule has 19 heavy (non-hydrogen) atoms. The van der Waals surface area contributed by atoms with E-state index in [4.69, 9.17) is 4.98 Å². The minimum absolute atomic E-state index is 1.02. The van der Waals surface area contributed by atoms with Crippen molar-refractivity contribution in [2.24, 2.45) is 0 Å². The molecule has 0 amide bonds. The van der Waals surface area contributed by atoms with Gasteiger partial charge in [-0.2, -0.15) is 0 Å². The quantitative estimate of drug-likeness (QED) is 0.856. The highest BCUT2D eigenvalue weighted by atomic mass is 32.1. The van der Waals surface area contributed by atoms with E-state index in [1.165, 1.54) is 47.2 Å². The zero-order chi connectivity index (χ0) is 13.1. The van der Waals surface area contributed by atoms with Crippen molar-refractivity contribution in [2.45, 2.75) is 32.6 Å². The Balaban J connectivity index is 1.67. The molecule has 2 aromatic rings. The van der Waals surface area contributed by atoms with Gasteiger partial charge in [-0.25, -0.2) is 4.98 Å². The van der Waals surface area contributed by atoms with Crippen molar-refractivity contribution in [2.75, 3.05) is 18.0 Å². The molecule has 3 heterocycles. The second kappa shape index (κ2) is 5.70. The predicted octanol–water partition coefficient (Wildman–Crippen LogP) is 3.23. The lowest BCUT2D eigenvalue weighted by Gasteiger charge is -2.14. The smallest absolute Gasteiger partial charge is 0.114 e. The summed E-state index contributed by atoms with van der Waals surface area (Å²) in [5.41, 5.74) is 2.49. The predicted molar refractivity (Wildman–Crippen MR) is 79.9 cm³/mol. The molecule has 0 aromatic carbocycles. The Morgan fingerprint density at radius 3 is 2.84 bits per heavy atom. The Kier molecular flexibility index (Phi) is 3.78. The van der Waals surface area contributed by atoms with Crippen LogP contribution < -0.4 is 4.90 Å². The van der Waals surface area contributed by atoms with Crippen LogP contribution in [-0.4, -0.2) is 23.1 Å². The van der Waals surface area contributed by atoms with E-state index < -0.39 is 0 Å². The van der Waals surface area contributed by atoms with E-state index in [0.717, 1.165) is 12.8 Å². The van der Waals surface area contributed by atoms with Gasteiger partial charge < -0.3 is 4.90 Å². The first kappa shape index (κ1) is 12.6. The lowest BCUT2D eigenvalue weighted by molar-refractivity contribution is 0.924. The van der Waals surface area contributed by atoms with Crippen LogP contribution in [0.2, 0.25) is 0 Å². The Labute approximate surface area is 118 Å². The van der Waals surface area contributed by atoms with Crippen molar-refractivity contribution in [1.29, 1.82) is 0 Å². The molecule has 0 spiro atoms. The molecular weight excluding hydrogens is 254 g/mol. The molecule has 0 radical (unpaired) electrons. The van der Waals surface area contributed by atoms with Gasteiger partial charge >= 0.3 is 0 Å². The van der Waals surface area contributed by atoms with Crippen LogP contribution in [0.3, 0.4) is 0 Å². The Bertz CT molecular complexity index is 530. The van der Waals surface area contributed by atoms with E-state index in [1.807, 2.05) is 29.8 Å². The van der Waals surface area contributed by atoms with Gasteiger partial charge in [-0.15, -0.1) is 11.3 Å². The fourth-order valence-corrected chi connectivity index (χ4v) is 3.68. The normalized spacial score (nSPS) is 15.1. The van der Waals surface area contributed by atoms with Crippen LogP contribution in [0.25, 0.3) is 0 Å². The molecule has 1 aliphatic rings. The third-order valence-corrected chi connectivity index (χ3v) is 4.84. The van der Waals surface area contributed by atoms with Gasteiger partial charge in [0.1, 0.15) is 5.00 Å². The molecule has 0 aliphatic carbocycles. The Hall–Kier alpha value is -1.42. The first-order chi connectivity index (χ1) is 9.33. The molecule has 1 fully saturated rings. The molecule has 0 N–H and O–H groups in total. The van der Waals surface area contributed by atoms with Gasteiger partial charge in [0.15, 0.2) is 0 Å². The average molecular weight is 273 g/mol. The minimum Gasteiger partial charge on any atom is -0.362 e. The third-order valence-electron chi connectivity index (χ3n) is 3.56. The Morgan fingerprint density at radius 1 is 1.26 bits per heavy atom. The number of hydrogen-bond acceptors (Lipinski definition) is 4. The van der Waals surface area contributed by atoms with Crippen LogP contribution in [0.1, 0.15) is 29.1 Å². The number of rotatable bonds is 4. The van der Waals surface area contributed by atoms with Gasteiger partial charge in [-0.3, -0.25) is 4.98 Å². The Morgan fingerprint density at radius 2 is 2.11 bits per heavy atom. The summed E-state index contributed by atoms with van der Waals surface area (Å²) in [6, 6.07) is 4.13. The van der Waals surface area contributed by atoms with Gasteiger partial charge in [0.2, 0.25) is 0 Å². The molecule has 2 aromatic heterocycles. The number of hydrogen-bond donors (Lipinski definition) is 0. The van der Waals surface area contributed by atoms with E-state index in [0.29, 0.717) is 0 Å². The summed E-state index contributed by atoms with van der Waals surface area (Å²) in [6.07, 6.45) is 8.46. The molecule has 1 saturated heterocycles. The fourth-order valence-electron chi connectivity index (χ4n) is 2.56. The van der Waals surface area contributed by atoms with Crippen molar-refractivity contribution in [3.63, 3.8) is 0 Å². The van der Waals surface area contributed by atoms with Crippen LogP contribution in [0.4, 0.5) is 5.00 Å². The van der Waals surface area contributed by atoms with E-state index in [-0.39, 0.29) is 0 Å². The second-order valence-electron chi connectivity index (χ2n) is 5.05. The van der Waals surface area contributed by atoms with E-state index >= 15 is 0 Å². The molecule has 100 valence electrons. The van der Waals surface area contributed by atoms with E-state index in [1.54, 1.807) is 0 Å². The molecule has 0 saturated carbocycles. The van der Waals surface area contributed by atoms with Crippen molar-refractivity contribution in [1.82, 2.24) is 9.97 Å². The van der Waals surface area contributed by atoms with Crippen molar-refractivity contribution >= 4 is 16.3 Å². The number of pyridine rings is 1. The highest BCUT2D eigenvalue weighted by Gasteiger charge is 2.18. The van der Waals surface area contributed by atoms with Crippen LogP contribution >= 0.6 is 11.3 Å². The highest BCUT2D eigenvalue weighted by Crippen LogP contribution is 2.31. The maximum Gasteiger partial charge on any atom is 0.114 e. The topological polar surface area (TPSA) is 29.0 Å². The maximum absolute atomic E-state index is 4.73. The van der Waals surface area contributed by atoms with Gasteiger partial charge in [0.25, 0.3) is 0 Å². The summed E-state index contributed by atoms with van der Waals surface area (Å²) in [4.78, 5) is 11.4. The monoisotopic (exact) mass is 273 g/mol. The van der Waals surface area contributed by atoms with Crippen LogP contribution in [0, 0.1) is 6.92 Å². The molecule has 0 unspecified atom stereocenters. The molecule has 3 rings (SSSR count). The van der Waals surface area contributed by atoms with Crippen molar-refractivity contribution in [3.05, 3.63) is 40.8 Å². The summed E-state index contributed by atoms with van der Waals surface area (Å²) < 4.78 is 0. The standard InChI is InChI=1S/C15H19N3S/c1-12-15(18-9-2-3-10-18)19-14(17-12)7-6-13-5-4-8-16-11-13/h4-5,8,11H,2-3,6-7,9-10H2,1H3. The number of aryl methyl sites for hydroxylation is 3. The van der Waals surface area contributed by atoms with E-state index in [9.17, 15) is 0 Å². The van der Waals surface area contributed by atoms with Crippen LogP contribution in [0.15, 0.2) is 24.5 Å². The van der Waals surface area contributed by atoms with Gasteiger partial charge in [0.05, 0.1) is 10.7 Å². The number of anilines is 1. The van der Waals surface area contributed by atoms with E-state index in [2.05, 4.69) is 22.9 Å². The molecule has 0 bridgehead atoms. The van der Waals surface area contributed by atoms with Crippen LogP contribution in [-0.2, 0) is 12.8 Å². The average Bonchev–Trinajstić information content (AvgIpc) is 3.07. The lowest BCUT2D eigenvalue weighted by Crippen LogP contribution is -2.16. The highest BCUT2D eigenvalue weighted by molar-refractivity contribution is 7.15. The number of nitrogens with zero attached hydrogens (tertiary/aromatic N) is 3. The zero-order valence-corrected chi connectivity index (χ0v) is 12.1. The summed E-state index contributed by atoms with van der Waals surface area (Å²) in [5, 5.41) is 2.64. The summed E-state index contributed by atoms with van der Waals surface area (Å²) in [7, 11) is 0. The zero-order valence-electron chi connectivity index (χ0n) is 11.3. The minimum atomic E-state index is 1.02. The summed E-state index contributed by atoms with van der Waals surface area (Å²) in [6.45, 7) is 4.54. The van der Waals surface area contributed by atoms with Gasteiger partial charge in [-0.1, -0.05) is 6.07 Å². The van der Waals surface area contributed by atoms with Gasteiger partial charge in [0, 0.05) is 31.9 Å². The molecule has 3 nitrogen and oxygen atoms in total. The third kappa shape index (κ3) is 2.95. The van der Waals surface area contributed by atoms with Crippen LogP contribution in [0.5, 0.6) is 0 Å². The first-order valence-corrected chi connectivity index (χ1v) is 7.75. The number of aromatic nitrogens is 2. The SMILES string of the molecule is Cc1nc(CCc2cccnc2)sc1N1CCCC1. The largest absolute Gasteiger partial charge is 0.362 e. The first-order valence-electron chi connectivity index (χ1n) is 6.93. The molecule has 4 heteroatoms. The number of thiazole rings is 1.